The summed E-state index contributed by atoms with van der Waals surface area (Å²) in [5.74, 6) is -0.272. The maximum absolute atomic E-state index is 12.0. The maximum Gasteiger partial charge on any atom is 0.302 e. The topological polar surface area (TPSA) is 52.6 Å². The molecule has 0 bridgehead atoms. The van der Waals surface area contributed by atoms with Crippen molar-refractivity contribution in [1.82, 2.24) is 5.06 Å². The van der Waals surface area contributed by atoms with Gasteiger partial charge in [0.2, 0.25) is 0 Å². The van der Waals surface area contributed by atoms with Gasteiger partial charge in [-0.2, -0.15) is 0 Å². The van der Waals surface area contributed by atoms with Crippen LogP contribution in [0.15, 0.2) is 0 Å². The van der Waals surface area contributed by atoms with Crippen molar-refractivity contribution in [2.24, 2.45) is 0 Å². The van der Waals surface area contributed by atoms with Crippen LogP contribution in [0.1, 0.15) is 47.5 Å². The number of carbonyl (C=O) groups excluding carboxylic acids is 1. The summed E-state index contributed by atoms with van der Waals surface area (Å²) in [5.41, 5.74) is -0.941. The third kappa shape index (κ3) is 2.69. The van der Waals surface area contributed by atoms with Gasteiger partial charge in [-0.3, -0.25) is 4.79 Å². The van der Waals surface area contributed by atoms with E-state index in [4.69, 9.17) is 4.74 Å². The lowest BCUT2D eigenvalue weighted by Gasteiger charge is -2.59. The van der Waals surface area contributed by atoms with Gasteiger partial charge in [0.15, 0.2) is 0 Å². The molecule has 0 radical (unpaired) electrons. The predicted octanol–water partition coefficient (Wildman–Crippen LogP) is 2.07. The van der Waals surface area contributed by atoms with Gasteiger partial charge >= 0.3 is 5.97 Å². The number of rotatable bonds is 1. The zero-order chi connectivity index (χ0) is 11.9. The highest BCUT2D eigenvalue weighted by Gasteiger charge is 2.41. The van der Waals surface area contributed by atoms with Crippen molar-refractivity contribution in [3.05, 3.63) is 5.21 Å². The number of hydrogen-bond donors (Lipinski definition) is 0. The quantitative estimate of drug-likeness (QED) is 0.627. The van der Waals surface area contributed by atoms with Crippen LogP contribution in [0.25, 0.3) is 0 Å². The predicted molar refractivity (Wildman–Crippen MR) is 58.2 cm³/mol. The lowest BCUT2D eigenvalue weighted by Crippen LogP contribution is -2.59. The van der Waals surface area contributed by atoms with Gasteiger partial charge in [0.05, 0.1) is 0 Å². The largest absolute Gasteiger partial charge is 0.784 e. The Morgan fingerprint density at radius 2 is 1.67 bits per heavy atom. The van der Waals surface area contributed by atoms with E-state index in [1.54, 1.807) is 0 Å². The minimum absolute atomic E-state index is 0.141. The van der Waals surface area contributed by atoms with Crippen molar-refractivity contribution in [2.75, 3.05) is 0 Å². The van der Waals surface area contributed by atoms with Crippen LogP contribution in [0.5, 0.6) is 0 Å². The highest BCUT2D eigenvalue weighted by molar-refractivity contribution is 5.66. The standard InChI is InChI=1S/C11H20NO3/c1-8(13)15-9-6-10(2,3)12(14)11(4,5)7-9/h9H,6-7H2,1-5H3/q-1. The molecule has 0 aromatic rings. The molecule has 1 fully saturated rings. The highest BCUT2D eigenvalue weighted by atomic mass is 16.5. The van der Waals surface area contributed by atoms with Gasteiger partial charge in [-0.25, -0.2) is 0 Å². The number of hydrogen-bond acceptors (Lipinski definition) is 4. The van der Waals surface area contributed by atoms with E-state index in [0.29, 0.717) is 12.8 Å². The molecule has 0 spiro atoms. The molecule has 0 aromatic heterocycles. The molecule has 0 N–H and O–H groups in total. The molecule has 0 aromatic carbocycles. The molecular weight excluding hydrogens is 194 g/mol. The van der Waals surface area contributed by atoms with Crippen molar-refractivity contribution >= 4 is 5.97 Å². The molecule has 4 nitrogen and oxygen atoms in total. The first kappa shape index (κ1) is 12.5. The molecule has 1 aliphatic heterocycles. The second-order valence-corrected chi connectivity index (χ2v) is 5.56. The van der Waals surface area contributed by atoms with E-state index < -0.39 is 11.1 Å². The van der Waals surface area contributed by atoms with E-state index in [1.807, 2.05) is 27.7 Å². The Hall–Kier alpha value is -0.610. The summed E-state index contributed by atoms with van der Waals surface area (Å²) in [7, 11) is 0. The lowest BCUT2D eigenvalue weighted by molar-refractivity contribution is -0.154. The van der Waals surface area contributed by atoms with Crippen LogP contribution < -0.4 is 0 Å². The minimum Gasteiger partial charge on any atom is -0.784 e. The molecular formula is C11H20NO3-. The zero-order valence-electron chi connectivity index (χ0n) is 10.2. The van der Waals surface area contributed by atoms with E-state index in [0.717, 1.165) is 5.06 Å². The molecule has 1 heterocycles. The zero-order valence-corrected chi connectivity index (χ0v) is 10.2. The number of ether oxygens (including phenoxy) is 1. The number of hydroxylamine groups is 2. The van der Waals surface area contributed by atoms with E-state index in [1.165, 1.54) is 6.92 Å². The number of nitrogens with zero attached hydrogens (tertiary/aromatic N) is 1. The third-order valence-electron chi connectivity index (χ3n) is 2.89. The smallest absolute Gasteiger partial charge is 0.302 e. The fourth-order valence-electron chi connectivity index (χ4n) is 2.49. The first-order valence-corrected chi connectivity index (χ1v) is 5.30. The second kappa shape index (κ2) is 3.76. The minimum atomic E-state index is -0.470. The van der Waals surface area contributed by atoms with Gasteiger partial charge in [-0.05, 0) is 27.7 Å². The molecule has 0 saturated carbocycles. The summed E-state index contributed by atoms with van der Waals surface area (Å²) in [6.45, 7) is 8.95. The monoisotopic (exact) mass is 214 g/mol. The Bertz CT molecular complexity index is 243. The number of esters is 1. The lowest BCUT2D eigenvalue weighted by atomic mass is 9.80. The third-order valence-corrected chi connectivity index (χ3v) is 2.89. The molecule has 15 heavy (non-hydrogen) atoms. The fraction of sp³-hybridized carbons (Fsp3) is 0.909. The van der Waals surface area contributed by atoms with Crippen molar-refractivity contribution in [3.63, 3.8) is 0 Å². The van der Waals surface area contributed by atoms with Crippen LogP contribution in [0.3, 0.4) is 0 Å². The van der Waals surface area contributed by atoms with E-state index in [2.05, 4.69) is 0 Å². The van der Waals surface area contributed by atoms with Crippen LogP contribution in [-0.2, 0) is 9.53 Å². The van der Waals surface area contributed by atoms with E-state index in [9.17, 15) is 10.0 Å². The number of piperidine rings is 1. The van der Waals surface area contributed by atoms with Gasteiger partial charge in [-0.1, -0.05) is 0 Å². The van der Waals surface area contributed by atoms with Gasteiger partial charge in [-0.15, -0.1) is 0 Å². The molecule has 0 amide bonds. The van der Waals surface area contributed by atoms with Gasteiger partial charge in [0, 0.05) is 30.8 Å². The summed E-state index contributed by atoms with van der Waals surface area (Å²) in [5, 5.41) is 13.1. The first-order chi connectivity index (χ1) is 6.65. The number of carbonyl (C=O) groups is 1. The van der Waals surface area contributed by atoms with Crippen LogP contribution in [0.4, 0.5) is 0 Å². The Kier molecular flexibility index (Phi) is 3.12. The van der Waals surface area contributed by atoms with E-state index >= 15 is 0 Å². The Balaban J connectivity index is 2.79. The first-order valence-electron chi connectivity index (χ1n) is 5.30. The molecule has 1 saturated heterocycles. The Morgan fingerprint density at radius 1 is 1.27 bits per heavy atom. The molecule has 0 unspecified atom stereocenters. The van der Waals surface area contributed by atoms with Crippen molar-refractivity contribution in [1.29, 1.82) is 0 Å². The molecule has 1 aliphatic rings. The van der Waals surface area contributed by atoms with Gasteiger partial charge < -0.3 is 15.0 Å². The highest BCUT2D eigenvalue weighted by Crippen LogP contribution is 2.38. The van der Waals surface area contributed by atoms with Crippen LogP contribution >= 0.6 is 0 Å². The van der Waals surface area contributed by atoms with Crippen LogP contribution in [0.2, 0.25) is 0 Å². The maximum atomic E-state index is 12.0. The molecule has 0 aliphatic carbocycles. The van der Waals surface area contributed by atoms with Gasteiger partial charge in [0.25, 0.3) is 0 Å². The molecule has 0 atom stereocenters. The van der Waals surface area contributed by atoms with Crippen molar-refractivity contribution in [3.8, 4) is 0 Å². The fourth-order valence-corrected chi connectivity index (χ4v) is 2.49. The summed E-state index contributed by atoms with van der Waals surface area (Å²) in [4.78, 5) is 10.9. The summed E-state index contributed by atoms with van der Waals surface area (Å²) in [6, 6.07) is 0. The van der Waals surface area contributed by atoms with Crippen molar-refractivity contribution in [2.45, 2.75) is 64.6 Å². The van der Waals surface area contributed by atoms with E-state index in [-0.39, 0.29) is 12.1 Å². The average molecular weight is 214 g/mol. The summed E-state index contributed by atoms with van der Waals surface area (Å²) >= 11 is 0. The molecule has 88 valence electrons. The molecule has 1 rings (SSSR count). The summed E-state index contributed by atoms with van der Waals surface area (Å²) in [6.07, 6.45) is 1.05. The van der Waals surface area contributed by atoms with Gasteiger partial charge in [0.1, 0.15) is 6.10 Å². The Morgan fingerprint density at radius 3 is 2.00 bits per heavy atom. The SMILES string of the molecule is CC(=O)OC1CC(C)(C)N([O-])C(C)(C)C1. The van der Waals surface area contributed by atoms with Crippen LogP contribution in [0, 0.1) is 5.21 Å². The average Bonchev–Trinajstić information content (AvgIpc) is 1.97. The Labute approximate surface area is 91.2 Å². The molecule has 4 heteroatoms. The second-order valence-electron chi connectivity index (χ2n) is 5.56. The van der Waals surface area contributed by atoms with Crippen LogP contribution in [-0.4, -0.2) is 28.2 Å². The normalized spacial score (nSPS) is 26.3. The van der Waals surface area contributed by atoms with Crippen molar-refractivity contribution < 1.29 is 9.53 Å². The summed E-state index contributed by atoms with van der Waals surface area (Å²) < 4.78 is 5.21.